The molecule has 0 atom stereocenters. The van der Waals surface area contributed by atoms with Gasteiger partial charge in [-0.05, 0) is 51.4 Å². The first-order valence-corrected chi connectivity index (χ1v) is 8.82. The highest BCUT2D eigenvalue weighted by Gasteiger charge is 2.36. The van der Waals surface area contributed by atoms with Crippen LogP contribution in [0, 0.1) is 0 Å². The lowest BCUT2D eigenvalue weighted by atomic mass is 9.80. The van der Waals surface area contributed by atoms with Crippen molar-refractivity contribution in [3.63, 3.8) is 0 Å². The number of carbonyl (C=O) groups excluding carboxylic acids is 1. The summed E-state index contributed by atoms with van der Waals surface area (Å²) in [7, 11) is 2.20. The highest BCUT2D eigenvalue weighted by molar-refractivity contribution is 5.92. The van der Waals surface area contributed by atoms with Gasteiger partial charge in [-0.3, -0.25) is 9.69 Å². The van der Waals surface area contributed by atoms with Crippen molar-refractivity contribution in [1.82, 2.24) is 14.8 Å². The summed E-state index contributed by atoms with van der Waals surface area (Å²) in [5, 5.41) is 3.23. The summed E-state index contributed by atoms with van der Waals surface area (Å²) in [5.74, 6) is 0.0892. The van der Waals surface area contributed by atoms with Gasteiger partial charge in [0.2, 0.25) is 0 Å². The summed E-state index contributed by atoms with van der Waals surface area (Å²) in [4.78, 5) is 15.0. The van der Waals surface area contributed by atoms with E-state index in [0.29, 0.717) is 6.04 Å². The monoisotopic (exact) mass is 303 g/mol. The molecule has 2 aliphatic rings. The average Bonchev–Trinajstić information content (AvgIpc) is 3.29. The van der Waals surface area contributed by atoms with E-state index in [1.807, 2.05) is 18.3 Å². The molecule has 4 heteroatoms. The van der Waals surface area contributed by atoms with Crippen molar-refractivity contribution in [3.8, 4) is 0 Å². The fourth-order valence-electron chi connectivity index (χ4n) is 3.83. The number of aromatic nitrogens is 1. The molecule has 2 saturated carbocycles. The molecule has 1 aromatic heterocycles. The molecule has 2 fully saturated rings. The van der Waals surface area contributed by atoms with Gasteiger partial charge in [-0.1, -0.05) is 26.2 Å². The third-order valence-electron chi connectivity index (χ3n) is 5.60. The van der Waals surface area contributed by atoms with Gasteiger partial charge in [0.15, 0.2) is 0 Å². The fraction of sp³-hybridized carbons (Fsp3) is 0.722. The molecule has 0 unspecified atom stereocenters. The number of nitrogens with one attached hydrogen (secondary N) is 1. The van der Waals surface area contributed by atoms with Gasteiger partial charge in [-0.25, -0.2) is 0 Å². The van der Waals surface area contributed by atoms with E-state index in [4.69, 9.17) is 0 Å². The molecule has 122 valence electrons. The number of amides is 1. The Morgan fingerprint density at radius 2 is 2.09 bits per heavy atom. The zero-order valence-electron chi connectivity index (χ0n) is 14.0. The Hall–Kier alpha value is -1.29. The molecule has 1 N–H and O–H groups in total. The van der Waals surface area contributed by atoms with E-state index >= 15 is 0 Å². The van der Waals surface area contributed by atoms with Crippen molar-refractivity contribution >= 4 is 5.91 Å². The van der Waals surface area contributed by atoms with E-state index < -0.39 is 0 Å². The summed E-state index contributed by atoms with van der Waals surface area (Å²) in [6, 6.07) is 4.49. The Kier molecular flexibility index (Phi) is 4.57. The predicted molar refractivity (Wildman–Crippen MR) is 89.2 cm³/mol. The van der Waals surface area contributed by atoms with Gasteiger partial charge in [0.25, 0.3) is 5.91 Å². The van der Waals surface area contributed by atoms with Crippen LogP contribution in [0.1, 0.15) is 68.4 Å². The Morgan fingerprint density at radius 1 is 1.36 bits per heavy atom. The number of nitrogens with zero attached hydrogens (tertiary/aromatic N) is 2. The first-order valence-electron chi connectivity index (χ1n) is 8.82. The number of carbonyl (C=O) groups is 1. The van der Waals surface area contributed by atoms with Gasteiger partial charge < -0.3 is 9.88 Å². The summed E-state index contributed by atoms with van der Waals surface area (Å²) >= 11 is 0. The van der Waals surface area contributed by atoms with Gasteiger partial charge >= 0.3 is 0 Å². The van der Waals surface area contributed by atoms with Crippen molar-refractivity contribution in [3.05, 3.63) is 24.0 Å². The lowest BCUT2D eigenvalue weighted by molar-refractivity contribution is 0.0695. The van der Waals surface area contributed by atoms with E-state index in [9.17, 15) is 4.79 Å². The second-order valence-corrected chi connectivity index (χ2v) is 7.01. The van der Waals surface area contributed by atoms with Crippen LogP contribution in [0.3, 0.4) is 0 Å². The molecule has 1 aromatic rings. The van der Waals surface area contributed by atoms with Crippen molar-refractivity contribution in [1.29, 1.82) is 0 Å². The van der Waals surface area contributed by atoms with E-state index in [1.165, 1.54) is 44.9 Å². The van der Waals surface area contributed by atoms with E-state index in [1.54, 1.807) is 0 Å². The quantitative estimate of drug-likeness (QED) is 0.876. The number of likely N-dealkylation sites (N-methyl/N-ethyl adjacent to an activating group) is 1. The summed E-state index contributed by atoms with van der Waals surface area (Å²) < 4.78 is 2.15. The standard InChI is InChI=1S/C18H29N3O/c1-3-20(2)18(11-5-4-6-12-18)14-19-17(22)16-8-7-13-21(16)15-9-10-15/h7-8,13,15H,3-6,9-12,14H2,1-2H3,(H,19,22). The minimum absolute atomic E-state index is 0.0892. The molecule has 1 amide bonds. The van der Waals surface area contributed by atoms with E-state index in [2.05, 4.69) is 28.8 Å². The smallest absolute Gasteiger partial charge is 0.267 e. The lowest BCUT2D eigenvalue weighted by Crippen LogP contribution is -2.55. The molecule has 3 rings (SSSR count). The van der Waals surface area contributed by atoms with Crippen LogP contribution in [-0.4, -0.2) is 41.1 Å². The van der Waals surface area contributed by atoms with Crippen LogP contribution in [0.15, 0.2) is 18.3 Å². The van der Waals surface area contributed by atoms with E-state index in [-0.39, 0.29) is 11.4 Å². The Balaban J connectivity index is 1.66. The van der Waals surface area contributed by atoms with Crippen LogP contribution < -0.4 is 5.32 Å². The topological polar surface area (TPSA) is 37.3 Å². The molecule has 1 heterocycles. The van der Waals surface area contributed by atoms with Crippen LogP contribution in [-0.2, 0) is 0 Å². The Bertz CT molecular complexity index is 512. The summed E-state index contributed by atoms with van der Waals surface area (Å²) in [5.41, 5.74) is 0.979. The van der Waals surface area contributed by atoms with Crippen LogP contribution in [0.5, 0.6) is 0 Å². The second kappa shape index (κ2) is 6.45. The van der Waals surface area contributed by atoms with Crippen molar-refractivity contribution in [2.45, 2.75) is 63.5 Å². The Labute approximate surface area is 133 Å². The summed E-state index contributed by atoms with van der Waals surface area (Å²) in [6.07, 6.45) is 10.7. The minimum atomic E-state index is 0.0892. The zero-order chi connectivity index (χ0) is 15.6. The molecular formula is C18H29N3O. The van der Waals surface area contributed by atoms with Gasteiger partial charge in [-0.15, -0.1) is 0 Å². The number of hydrogen-bond donors (Lipinski definition) is 1. The number of hydrogen-bond acceptors (Lipinski definition) is 2. The molecule has 0 bridgehead atoms. The van der Waals surface area contributed by atoms with Crippen LogP contribution >= 0.6 is 0 Å². The van der Waals surface area contributed by atoms with E-state index in [0.717, 1.165) is 18.8 Å². The average molecular weight is 303 g/mol. The molecule has 0 aliphatic heterocycles. The highest BCUT2D eigenvalue weighted by atomic mass is 16.2. The zero-order valence-corrected chi connectivity index (χ0v) is 14.0. The SMILES string of the molecule is CCN(C)C1(CNC(=O)c2cccn2C2CC2)CCCCC1. The Morgan fingerprint density at radius 3 is 2.73 bits per heavy atom. The molecular weight excluding hydrogens is 274 g/mol. The molecule has 22 heavy (non-hydrogen) atoms. The number of rotatable bonds is 6. The molecule has 4 nitrogen and oxygen atoms in total. The van der Waals surface area contributed by atoms with Crippen molar-refractivity contribution < 1.29 is 4.79 Å². The minimum Gasteiger partial charge on any atom is -0.349 e. The van der Waals surface area contributed by atoms with Crippen LogP contribution in [0.4, 0.5) is 0 Å². The maximum absolute atomic E-state index is 12.6. The van der Waals surface area contributed by atoms with Gasteiger partial charge in [0.1, 0.15) is 5.69 Å². The maximum atomic E-state index is 12.6. The predicted octanol–water partition coefficient (Wildman–Crippen LogP) is 3.21. The second-order valence-electron chi connectivity index (χ2n) is 7.01. The third-order valence-corrected chi connectivity index (χ3v) is 5.60. The maximum Gasteiger partial charge on any atom is 0.267 e. The van der Waals surface area contributed by atoms with Crippen LogP contribution in [0.2, 0.25) is 0 Å². The van der Waals surface area contributed by atoms with Gasteiger partial charge in [-0.2, -0.15) is 0 Å². The molecule has 0 aromatic carbocycles. The third kappa shape index (κ3) is 3.07. The van der Waals surface area contributed by atoms with Gasteiger partial charge in [0, 0.05) is 24.3 Å². The van der Waals surface area contributed by atoms with Gasteiger partial charge in [0.05, 0.1) is 0 Å². The first-order chi connectivity index (χ1) is 10.7. The molecule has 0 saturated heterocycles. The van der Waals surface area contributed by atoms with Crippen molar-refractivity contribution in [2.24, 2.45) is 0 Å². The highest BCUT2D eigenvalue weighted by Crippen LogP contribution is 2.36. The first kappa shape index (κ1) is 15.6. The normalized spacial score (nSPS) is 21.0. The van der Waals surface area contributed by atoms with Crippen LogP contribution in [0.25, 0.3) is 0 Å². The molecule has 0 radical (unpaired) electrons. The lowest BCUT2D eigenvalue weighted by Gasteiger charge is -2.44. The fourth-order valence-corrected chi connectivity index (χ4v) is 3.83. The van der Waals surface area contributed by atoms with Crippen molar-refractivity contribution in [2.75, 3.05) is 20.1 Å². The summed E-state index contributed by atoms with van der Waals surface area (Å²) in [6.45, 7) is 4.01. The largest absolute Gasteiger partial charge is 0.349 e. The molecule has 2 aliphatic carbocycles. The molecule has 0 spiro atoms.